The molecule has 0 saturated carbocycles. The number of nitrogens with zero attached hydrogens (tertiary/aromatic N) is 3. The van der Waals surface area contributed by atoms with Gasteiger partial charge in [-0.1, -0.05) is 30.0 Å². The third-order valence-electron chi connectivity index (χ3n) is 6.20. The fraction of sp³-hybridized carbons (Fsp3) is 0.292. The van der Waals surface area contributed by atoms with Crippen molar-refractivity contribution in [3.8, 4) is 11.8 Å². The number of aromatic nitrogens is 2. The Bertz CT molecular complexity index is 1310. The molecule has 1 saturated heterocycles. The predicted molar refractivity (Wildman–Crippen MR) is 121 cm³/mol. The lowest BCUT2D eigenvalue weighted by atomic mass is 9.83. The van der Waals surface area contributed by atoms with Gasteiger partial charge in [-0.25, -0.2) is 13.4 Å². The first-order valence-electron chi connectivity index (χ1n) is 10.6. The number of fused-ring (bicyclic) bond motifs is 3. The Kier molecular flexibility index (Phi) is 5.25. The fourth-order valence-corrected chi connectivity index (χ4v) is 6.31. The molecule has 164 valence electrons. The van der Waals surface area contributed by atoms with Gasteiger partial charge in [0, 0.05) is 42.5 Å². The summed E-state index contributed by atoms with van der Waals surface area (Å²) in [6, 6.07) is 15.0. The van der Waals surface area contributed by atoms with Gasteiger partial charge in [-0.2, -0.15) is 4.31 Å². The number of imidazole rings is 1. The van der Waals surface area contributed by atoms with Crippen LogP contribution in [0.1, 0.15) is 29.2 Å². The summed E-state index contributed by atoms with van der Waals surface area (Å²) >= 11 is 0. The Morgan fingerprint density at radius 2 is 1.94 bits per heavy atom. The number of benzene rings is 2. The minimum atomic E-state index is -3.77. The van der Waals surface area contributed by atoms with Crippen LogP contribution in [-0.4, -0.2) is 46.6 Å². The van der Waals surface area contributed by atoms with E-state index in [4.69, 9.17) is 0 Å². The molecule has 0 unspecified atom stereocenters. The van der Waals surface area contributed by atoms with Gasteiger partial charge in [-0.3, -0.25) is 0 Å². The van der Waals surface area contributed by atoms with Gasteiger partial charge in [-0.05, 0) is 42.3 Å². The van der Waals surface area contributed by atoms with Crippen molar-refractivity contribution in [2.75, 3.05) is 18.5 Å². The number of rotatable bonds is 3. The third-order valence-corrected chi connectivity index (χ3v) is 7.97. The van der Waals surface area contributed by atoms with Gasteiger partial charge in [0.1, 0.15) is 0 Å². The second-order valence-corrected chi connectivity index (χ2v) is 10.1. The maximum atomic E-state index is 13.4. The molecule has 8 heteroatoms. The minimum Gasteiger partial charge on any atom is -0.394 e. The van der Waals surface area contributed by atoms with E-state index in [1.165, 1.54) is 16.8 Å². The molecule has 32 heavy (non-hydrogen) atoms. The third kappa shape index (κ3) is 3.58. The molecular formula is C24H24N4O3S. The molecule has 7 nitrogen and oxygen atoms in total. The van der Waals surface area contributed by atoms with Crippen LogP contribution >= 0.6 is 0 Å². The normalized spacial score (nSPS) is 22.4. The van der Waals surface area contributed by atoms with Crippen molar-refractivity contribution < 1.29 is 13.5 Å². The molecule has 2 aliphatic heterocycles. The van der Waals surface area contributed by atoms with Crippen molar-refractivity contribution >= 4 is 15.7 Å². The van der Waals surface area contributed by atoms with Crippen LogP contribution in [0.2, 0.25) is 0 Å². The summed E-state index contributed by atoms with van der Waals surface area (Å²) in [5, 5.41) is 13.4. The molecule has 3 heterocycles. The molecule has 1 aromatic heterocycles. The van der Waals surface area contributed by atoms with Crippen molar-refractivity contribution in [3.05, 3.63) is 77.7 Å². The molecule has 5 rings (SSSR count). The van der Waals surface area contributed by atoms with Gasteiger partial charge in [-0.15, -0.1) is 0 Å². The second kappa shape index (κ2) is 8.10. The highest BCUT2D eigenvalue weighted by Crippen LogP contribution is 2.48. The quantitative estimate of drug-likeness (QED) is 0.601. The maximum Gasteiger partial charge on any atom is 0.262 e. The van der Waals surface area contributed by atoms with E-state index in [0.29, 0.717) is 13.0 Å². The average Bonchev–Trinajstić information content (AvgIpc) is 3.45. The van der Waals surface area contributed by atoms with Gasteiger partial charge in [0.2, 0.25) is 0 Å². The zero-order valence-corrected chi connectivity index (χ0v) is 18.5. The zero-order chi connectivity index (χ0) is 22.3. The lowest BCUT2D eigenvalue weighted by Crippen LogP contribution is -2.42. The van der Waals surface area contributed by atoms with Crippen LogP contribution in [0.3, 0.4) is 0 Å². The van der Waals surface area contributed by atoms with Crippen molar-refractivity contribution in [2.45, 2.75) is 23.5 Å². The Morgan fingerprint density at radius 1 is 1.16 bits per heavy atom. The number of nitrogens with one attached hydrogen (secondary N) is 1. The monoisotopic (exact) mass is 448 g/mol. The summed E-state index contributed by atoms with van der Waals surface area (Å²) < 4.78 is 30.1. The standard InChI is InChI=1S/C24H24N4O3S/c1-27-14-23(25-16-27)32(30,31)28-12-11-19-22(15-29)26-21-10-9-18(13-20(21)24(19)28)8-7-17-5-3-2-4-6-17/h2-6,9-10,13-14,16,19,22,24,26,29H,11-12,15H2,1H3/t19-,22-,24-/m0/s1. The van der Waals surface area contributed by atoms with E-state index in [1.807, 2.05) is 48.5 Å². The van der Waals surface area contributed by atoms with Crippen LogP contribution in [0, 0.1) is 17.8 Å². The topological polar surface area (TPSA) is 87.5 Å². The Morgan fingerprint density at radius 3 is 2.66 bits per heavy atom. The van der Waals surface area contributed by atoms with E-state index in [0.717, 1.165) is 22.4 Å². The lowest BCUT2D eigenvalue weighted by molar-refractivity contribution is 0.210. The number of aliphatic hydroxyl groups excluding tert-OH is 1. The summed E-state index contributed by atoms with van der Waals surface area (Å²) in [5.74, 6) is 6.32. The molecule has 0 spiro atoms. The average molecular weight is 449 g/mol. The van der Waals surface area contributed by atoms with Crippen LogP contribution in [-0.2, 0) is 17.1 Å². The van der Waals surface area contributed by atoms with Crippen molar-refractivity contribution in [3.63, 3.8) is 0 Å². The highest BCUT2D eigenvalue weighted by atomic mass is 32.2. The number of aliphatic hydroxyl groups is 1. The Hall–Kier alpha value is -3.12. The van der Waals surface area contributed by atoms with Gasteiger partial charge < -0.3 is 15.0 Å². The first kappa shape index (κ1) is 20.8. The van der Waals surface area contributed by atoms with Crippen molar-refractivity contribution in [1.29, 1.82) is 0 Å². The van der Waals surface area contributed by atoms with E-state index >= 15 is 0 Å². The van der Waals surface area contributed by atoms with E-state index in [9.17, 15) is 13.5 Å². The number of aryl methyl sites for hydroxylation is 1. The smallest absolute Gasteiger partial charge is 0.262 e. The van der Waals surface area contributed by atoms with Gasteiger partial charge in [0.15, 0.2) is 5.03 Å². The van der Waals surface area contributed by atoms with Crippen molar-refractivity contribution in [1.82, 2.24) is 13.9 Å². The van der Waals surface area contributed by atoms with Gasteiger partial charge in [0.05, 0.1) is 25.0 Å². The molecule has 0 aliphatic carbocycles. The van der Waals surface area contributed by atoms with Gasteiger partial charge >= 0.3 is 0 Å². The van der Waals surface area contributed by atoms with E-state index in [2.05, 4.69) is 22.1 Å². The second-order valence-electron chi connectivity index (χ2n) is 8.24. The number of anilines is 1. The summed E-state index contributed by atoms with van der Waals surface area (Å²) in [4.78, 5) is 4.09. The minimum absolute atomic E-state index is 0.0386. The van der Waals surface area contributed by atoms with Crippen LogP contribution in [0.5, 0.6) is 0 Å². The molecule has 2 N–H and O–H groups in total. The molecule has 0 radical (unpaired) electrons. The lowest BCUT2D eigenvalue weighted by Gasteiger charge is -2.38. The number of sulfonamides is 1. The summed E-state index contributed by atoms with van der Waals surface area (Å²) in [5.41, 5.74) is 3.45. The maximum absolute atomic E-state index is 13.4. The fourth-order valence-electron chi connectivity index (χ4n) is 4.68. The first-order valence-corrected chi connectivity index (χ1v) is 12.0. The summed E-state index contributed by atoms with van der Waals surface area (Å²) in [7, 11) is -2.03. The molecular weight excluding hydrogens is 424 g/mol. The molecule has 3 atom stereocenters. The number of hydrogen-bond donors (Lipinski definition) is 2. The summed E-state index contributed by atoms with van der Waals surface area (Å²) in [6.45, 7) is 0.319. The molecule has 0 bridgehead atoms. The zero-order valence-electron chi connectivity index (χ0n) is 17.6. The van der Waals surface area contributed by atoms with Crippen LogP contribution < -0.4 is 5.32 Å². The van der Waals surface area contributed by atoms with Crippen LogP contribution in [0.25, 0.3) is 0 Å². The molecule has 2 aromatic carbocycles. The molecule has 3 aromatic rings. The van der Waals surface area contributed by atoms with Gasteiger partial charge in [0.25, 0.3) is 10.0 Å². The Labute approximate surface area is 187 Å². The molecule has 0 amide bonds. The van der Waals surface area contributed by atoms with E-state index in [-0.39, 0.29) is 29.6 Å². The molecule has 2 aliphatic rings. The highest BCUT2D eigenvalue weighted by Gasteiger charge is 2.49. The Balaban J connectivity index is 1.56. The summed E-state index contributed by atoms with van der Waals surface area (Å²) in [6.07, 6.45) is 3.68. The largest absolute Gasteiger partial charge is 0.394 e. The van der Waals surface area contributed by atoms with Crippen LogP contribution in [0.15, 0.2) is 66.1 Å². The highest BCUT2D eigenvalue weighted by molar-refractivity contribution is 7.89. The van der Waals surface area contributed by atoms with Crippen LogP contribution in [0.4, 0.5) is 5.69 Å². The molecule has 1 fully saturated rings. The first-order chi connectivity index (χ1) is 15.5. The van der Waals surface area contributed by atoms with Crippen molar-refractivity contribution in [2.24, 2.45) is 13.0 Å². The number of hydrogen-bond acceptors (Lipinski definition) is 5. The van der Waals surface area contributed by atoms with E-state index in [1.54, 1.807) is 11.6 Å². The predicted octanol–water partition coefficient (Wildman–Crippen LogP) is 2.36. The van der Waals surface area contributed by atoms with E-state index < -0.39 is 10.0 Å². The SMILES string of the molecule is Cn1cnc(S(=O)(=O)N2CC[C@H]3[C@H](CO)Nc4ccc(C#Cc5ccccc5)cc4[C@H]32)c1.